The molecule has 118 valence electrons. The number of ether oxygens (including phenoxy) is 1. The molecule has 1 aromatic carbocycles. The van der Waals surface area contributed by atoms with Gasteiger partial charge in [0.05, 0.1) is 0 Å². The molecule has 21 heavy (non-hydrogen) atoms. The van der Waals surface area contributed by atoms with Gasteiger partial charge in [0.25, 0.3) is 0 Å². The van der Waals surface area contributed by atoms with Gasteiger partial charge in [-0.05, 0) is 36.5 Å². The van der Waals surface area contributed by atoms with Crippen LogP contribution in [0.5, 0.6) is 5.75 Å². The number of rotatable bonds is 5. The standard InChI is InChI=1S/C15H19F4NO/c16-14(17)15(18,19)21-12-8-6-11(7-9-12)13(20)10-4-2-1-3-5-10/h6-10,13-14H,1-5,20H2/t13-/m1/s1. The molecule has 6 heteroatoms. The van der Waals surface area contributed by atoms with Crippen LogP contribution in [0.4, 0.5) is 17.6 Å². The van der Waals surface area contributed by atoms with Gasteiger partial charge in [-0.15, -0.1) is 0 Å². The van der Waals surface area contributed by atoms with E-state index in [1.54, 1.807) is 12.1 Å². The van der Waals surface area contributed by atoms with Crippen molar-refractivity contribution in [1.29, 1.82) is 0 Å². The quantitative estimate of drug-likeness (QED) is 0.813. The first-order chi connectivity index (χ1) is 9.90. The van der Waals surface area contributed by atoms with Crippen LogP contribution in [-0.2, 0) is 0 Å². The Hall–Kier alpha value is -1.30. The molecule has 2 rings (SSSR count). The fourth-order valence-corrected chi connectivity index (χ4v) is 2.73. The number of halogens is 4. The van der Waals surface area contributed by atoms with Crippen molar-refractivity contribution in [2.24, 2.45) is 11.7 Å². The van der Waals surface area contributed by atoms with Crippen LogP contribution in [0.1, 0.15) is 43.7 Å². The lowest BCUT2D eigenvalue weighted by molar-refractivity contribution is -0.253. The van der Waals surface area contributed by atoms with Gasteiger partial charge in [-0.25, -0.2) is 0 Å². The Kier molecular flexibility index (Phi) is 5.08. The Morgan fingerprint density at radius 1 is 1.05 bits per heavy atom. The lowest BCUT2D eigenvalue weighted by Gasteiger charge is -2.28. The first-order valence-corrected chi connectivity index (χ1v) is 7.10. The number of hydrogen-bond acceptors (Lipinski definition) is 2. The summed E-state index contributed by atoms with van der Waals surface area (Å²) in [5.41, 5.74) is 7.00. The fraction of sp³-hybridized carbons (Fsp3) is 0.600. The number of nitrogens with two attached hydrogens (primary N) is 1. The van der Waals surface area contributed by atoms with Crippen molar-refractivity contribution in [3.8, 4) is 5.75 Å². The lowest BCUT2D eigenvalue weighted by atomic mass is 9.81. The molecule has 1 aliphatic carbocycles. The van der Waals surface area contributed by atoms with Crippen molar-refractivity contribution in [2.75, 3.05) is 0 Å². The number of alkyl halides is 4. The topological polar surface area (TPSA) is 35.2 Å². The van der Waals surface area contributed by atoms with E-state index in [4.69, 9.17) is 5.73 Å². The molecule has 0 aliphatic heterocycles. The summed E-state index contributed by atoms with van der Waals surface area (Å²) in [5.74, 6) is 0.0907. The van der Waals surface area contributed by atoms with Gasteiger partial charge in [0, 0.05) is 6.04 Å². The summed E-state index contributed by atoms with van der Waals surface area (Å²) in [4.78, 5) is 0. The maximum Gasteiger partial charge on any atom is 0.461 e. The second kappa shape index (κ2) is 6.64. The highest BCUT2D eigenvalue weighted by Crippen LogP contribution is 2.34. The van der Waals surface area contributed by atoms with Gasteiger partial charge in [-0.1, -0.05) is 31.4 Å². The van der Waals surface area contributed by atoms with Crippen LogP contribution >= 0.6 is 0 Å². The molecule has 0 saturated heterocycles. The van der Waals surface area contributed by atoms with Crippen LogP contribution in [0.15, 0.2) is 24.3 Å². The zero-order valence-corrected chi connectivity index (χ0v) is 11.6. The fourth-order valence-electron chi connectivity index (χ4n) is 2.73. The average molecular weight is 305 g/mol. The second-order valence-electron chi connectivity index (χ2n) is 5.46. The number of hydrogen-bond donors (Lipinski definition) is 1. The summed E-state index contributed by atoms with van der Waals surface area (Å²) in [6.45, 7) is 0. The molecule has 0 spiro atoms. The molecule has 0 unspecified atom stereocenters. The van der Waals surface area contributed by atoms with E-state index in [-0.39, 0.29) is 11.8 Å². The van der Waals surface area contributed by atoms with Crippen LogP contribution in [0, 0.1) is 5.92 Å². The van der Waals surface area contributed by atoms with Crippen molar-refractivity contribution in [3.63, 3.8) is 0 Å². The molecule has 1 atom stereocenters. The highest BCUT2D eigenvalue weighted by molar-refractivity contribution is 5.29. The first kappa shape index (κ1) is 16.1. The molecule has 0 amide bonds. The van der Waals surface area contributed by atoms with E-state index < -0.39 is 12.5 Å². The van der Waals surface area contributed by atoms with Gasteiger partial charge in [0.2, 0.25) is 0 Å². The number of benzene rings is 1. The Morgan fingerprint density at radius 2 is 1.62 bits per heavy atom. The van der Waals surface area contributed by atoms with E-state index in [1.165, 1.54) is 18.6 Å². The van der Waals surface area contributed by atoms with E-state index in [9.17, 15) is 17.6 Å². The van der Waals surface area contributed by atoms with Crippen LogP contribution in [0.2, 0.25) is 0 Å². The largest absolute Gasteiger partial charge is 0.461 e. The minimum absolute atomic E-state index is 0.157. The molecule has 1 aliphatic rings. The third-order valence-corrected chi connectivity index (χ3v) is 3.93. The molecule has 0 heterocycles. The van der Waals surface area contributed by atoms with Crippen LogP contribution < -0.4 is 10.5 Å². The molecule has 1 aromatic rings. The molecule has 2 N–H and O–H groups in total. The summed E-state index contributed by atoms with van der Waals surface area (Å²) >= 11 is 0. The second-order valence-corrected chi connectivity index (χ2v) is 5.46. The van der Waals surface area contributed by atoms with E-state index in [0.29, 0.717) is 5.92 Å². The Labute approximate surface area is 121 Å². The van der Waals surface area contributed by atoms with Gasteiger partial charge in [-0.2, -0.15) is 17.6 Å². The van der Waals surface area contributed by atoms with Crippen molar-refractivity contribution in [3.05, 3.63) is 29.8 Å². The summed E-state index contributed by atoms with van der Waals surface area (Å²) in [5, 5.41) is 0. The molecular weight excluding hydrogens is 286 g/mol. The van der Waals surface area contributed by atoms with Crippen LogP contribution in [0.3, 0.4) is 0 Å². The third-order valence-electron chi connectivity index (χ3n) is 3.93. The molecule has 0 radical (unpaired) electrons. The van der Waals surface area contributed by atoms with E-state index >= 15 is 0 Å². The van der Waals surface area contributed by atoms with Crippen molar-refractivity contribution < 1.29 is 22.3 Å². The minimum atomic E-state index is -4.48. The van der Waals surface area contributed by atoms with Crippen LogP contribution in [-0.4, -0.2) is 12.5 Å². The Morgan fingerprint density at radius 3 is 2.14 bits per heavy atom. The SMILES string of the molecule is N[C@@H](c1ccc(OC(F)(F)C(F)F)cc1)C1CCCCC1. The minimum Gasteiger partial charge on any atom is -0.428 e. The summed E-state index contributed by atoms with van der Waals surface area (Å²) in [6.07, 6.45) is -2.70. The molecule has 2 nitrogen and oxygen atoms in total. The van der Waals surface area contributed by atoms with Gasteiger partial charge in [-0.3, -0.25) is 0 Å². The lowest BCUT2D eigenvalue weighted by Crippen LogP contribution is -2.33. The molecule has 1 saturated carbocycles. The summed E-state index contributed by atoms with van der Waals surface area (Å²) in [6, 6.07) is 5.49. The van der Waals surface area contributed by atoms with Gasteiger partial charge >= 0.3 is 12.5 Å². The molecule has 0 aromatic heterocycles. The predicted molar refractivity (Wildman–Crippen MR) is 71.5 cm³/mol. The Balaban J connectivity index is 2.01. The highest BCUT2D eigenvalue weighted by atomic mass is 19.3. The van der Waals surface area contributed by atoms with E-state index in [1.807, 2.05) is 0 Å². The first-order valence-electron chi connectivity index (χ1n) is 7.10. The highest BCUT2D eigenvalue weighted by Gasteiger charge is 2.43. The maximum absolute atomic E-state index is 12.8. The smallest absolute Gasteiger partial charge is 0.428 e. The predicted octanol–water partition coefficient (Wildman–Crippen LogP) is 4.50. The van der Waals surface area contributed by atoms with Crippen LogP contribution in [0.25, 0.3) is 0 Å². The molecular formula is C15H19F4NO. The van der Waals surface area contributed by atoms with Gasteiger partial charge < -0.3 is 10.5 Å². The third kappa shape index (κ3) is 4.09. The summed E-state index contributed by atoms with van der Waals surface area (Å²) < 4.78 is 53.7. The van der Waals surface area contributed by atoms with E-state index in [0.717, 1.165) is 31.2 Å². The molecule has 0 bridgehead atoms. The summed E-state index contributed by atoms with van der Waals surface area (Å²) in [7, 11) is 0. The Bertz CT molecular complexity index is 443. The maximum atomic E-state index is 12.8. The van der Waals surface area contributed by atoms with Crippen molar-refractivity contribution >= 4 is 0 Å². The average Bonchev–Trinajstić information content (AvgIpc) is 2.48. The monoisotopic (exact) mass is 305 g/mol. The molecule has 1 fully saturated rings. The van der Waals surface area contributed by atoms with Crippen molar-refractivity contribution in [2.45, 2.75) is 50.7 Å². The normalized spacial score (nSPS) is 18.8. The van der Waals surface area contributed by atoms with Gasteiger partial charge in [0.1, 0.15) is 5.75 Å². The zero-order chi connectivity index (χ0) is 15.5. The zero-order valence-electron chi connectivity index (χ0n) is 11.6. The van der Waals surface area contributed by atoms with E-state index in [2.05, 4.69) is 4.74 Å². The van der Waals surface area contributed by atoms with Gasteiger partial charge in [0.15, 0.2) is 0 Å². The van der Waals surface area contributed by atoms with Crippen molar-refractivity contribution in [1.82, 2.24) is 0 Å².